The van der Waals surface area contributed by atoms with Crippen LogP contribution >= 0.6 is 0 Å². The molecule has 9 aromatic carbocycles. The summed E-state index contributed by atoms with van der Waals surface area (Å²) in [6, 6.07) is 52.3. The van der Waals surface area contributed by atoms with Crippen LogP contribution in [-0.4, -0.2) is 9.13 Å². The lowest BCUT2D eigenvalue weighted by Gasteiger charge is -2.11. The summed E-state index contributed by atoms with van der Waals surface area (Å²) >= 11 is 0. The highest BCUT2D eigenvalue weighted by Gasteiger charge is 2.19. The molecule has 3 nitrogen and oxygen atoms in total. The van der Waals surface area contributed by atoms with Crippen LogP contribution in [0.5, 0.6) is 0 Å². The summed E-state index contributed by atoms with van der Waals surface area (Å²) in [5.41, 5.74) is 9.91. The Morgan fingerprint density at radius 2 is 0.982 bits per heavy atom. The highest BCUT2D eigenvalue weighted by atomic mass is 16.3. The third-order valence-corrected chi connectivity index (χ3v) is 11.2. The number of fused-ring (bicyclic) bond motifs is 9. The average molecular weight is 734 g/mol. The molecule has 0 N–H and O–H groups in total. The number of aromatic nitrogens is 2. The van der Waals surface area contributed by atoms with Gasteiger partial charge < -0.3 is 13.6 Å². The molecular weight excluding hydrogens is 693 g/mol. The van der Waals surface area contributed by atoms with E-state index in [2.05, 4.69) is 71.3 Å². The van der Waals surface area contributed by atoms with E-state index in [0.29, 0.717) is 27.8 Å². The standard InChI is InChI=1S/C54H34N2O/c1-3-13-35(14-4-1)37-17-11-18-41(31-37)55-48-28-25-38(36-15-5-2-6-16-36)32-45(48)46-34-40(26-29-49(46)55)39-27-30-50-44(33-39)42-19-7-9-21-47(42)56(50)51-22-12-24-53-54(51)43-20-8-10-23-52(43)57-53/h1-34H/i7D,9D,19D,21D,27D,30D,33D. The third kappa shape index (κ3) is 4.92. The Bertz CT molecular complexity index is 3930. The lowest BCUT2D eigenvalue weighted by Crippen LogP contribution is -1.95. The molecule has 0 aliphatic heterocycles. The Balaban J connectivity index is 1.16. The molecule has 0 aliphatic carbocycles. The van der Waals surface area contributed by atoms with Gasteiger partial charge in [0.1, 0.15) is 11.2 Å². The van der Waals surface area contributed by atoms with Crippen LogP contribution in [0, 0.1) is 0 Å². The summed E-state index contributed by atoms with van der Waals surface area (Å²) in [6.07, 6.45) is 0. The van der Waals surface area contributed by atoms with Gasteiger partial charge in [0.05, 0.1) is 42.7 Å². The van der Waals surface area contributed by atoms with Crippen molar-refractivity contribution in [1.82, 2.24) is 9.13 Å². The Labute approximate surface area is 338 Å². The van der Waals surface area contributed by atoms with Crippen LogP contribution in [0.25, 0.3) is 110 Å². The van der Waals surface area contributed by atoms with Crippen LogP contribution in [0.3, 0.4) is 0 Å². The van der Waals surface area contributed by atoms with Crippen molar-refractivity contribution < 1.29 is 14.0 Å². The zero-order chi connectivity index (χ0) is 43.5. The first-order valence-electron chi connectivity index (χ1n) is 22.4. The van der Waals surface area contributed by atoms with Crippen molar-refractivity contribution in [3.05, 3.63) is 206 Å². The molecule has 57 heavy (non-hydrogen) atoms. The van der Waals surface area contributed by atoms with Gasteiger partial charge in [-0.05, 0) is 106 Å². The summed E-state index contributed by atoms with van der Waals surface area (Å²) in [6.45, 7) is 0. The molecule has 0 bridgehead atoms. The minimum absolute atomic E-state index is 0.0994. The number of rotatable bonds is 5. The average Bonchev–Trinajstić information content (AvgIpc) is 4.01. The van der Waals surface area contributed by atoms with Crippen LogP contribution in [0.15, 0.2) is 211 Å². The molecule has 3 heterocycles. The number of hydrogen-bond acceptors (Lipinski definition) is 1. The lowest BCUT2D eigenvalue weighted by molar-refractivity contribution is 0.669. The molecule has 0 amide bonds. The largest absolute Gasteiger partial charge is 0.456 e. The van der Waals surface area contributed by atoms with E-state index in [9.17, 15) is 6.85 Å². The minimum atomic E-state index is -0.439. The number of para-hydroxylation sites is 2. The van der Waals surface area contributed by atoms with Gasteiger partial charge in [0.25, 0.3) is 0 Å². The molecule has 0 fully saturated rings. The van der Waals surface area contributed by atoms with Crippen molar-refractivity contribution in [2.24, 2.45) is 0 Å². The molecule has 0 aliphatic rings. The van der Waals surface area contributed by atoms with Gasteiger partial charge >= 0.3 is 0 Å². The molecule has 0 saturated carbocycles. The van der Waals surface area contributed by atoms with Gasteiger partial charge in [-0.1, -0.05) is 133 Å². The van der Waals surface area contributed by atoms with E-state index < -0.39 is 12.1 Å². The van der Waals surface area contributed by atoms with Crippen molar-refractivity contribution in [2.45, 2.75) is 0 Å². The molecule has 3 aromatic heterocycles. The normalized spacial score (nSPS) is 13.6. The van der Waals surface area contributed by atoms with Gasteiger partial charge in [-0.2, -0.15) is 0 Å². The predicted molar refractivity (Wildman–Crippen MR) is 239 cm³/mol. The minimum Gasteiger partial charge on any atom is -0.456 e. The highest BCUT2D eigenvalue weighted by Crippen LogP contribution is 2.42. The molecular formula is C54H34N2O. The first-order chi connectivity index (χ1) is 31.2. The first kappa shape index (κ1) is 25.5. The number of nitrogens with zero attached hydrogens (tertiary/aromatic N) is 2. The Hall–Kier alpha value is -7.62. The molecule has 12 aromatic rings. The zero-order valence-electron chi connectivity index (χ0n) is 37.4. The van der Waals surface area contributed by atoms with Gasteiger partial charge in [-0.15, -0.1) is 0 Å². The number of furan rings is 1. The summed E-state index contributed by atoms with van der Waals surface area (Å²) < 4.78 is 75.6. The first-order valence-corrected chi connectivity index (χ1v) is 18.9. The van der Waals surface area contributed by atoms with Gasteiger partial charge in [0.2, 0.25) is 0 Å². The molecule has 3 heteroatoms. The maximum atomic E-state index is 10.00. The maximum absolute atomic E-state index is 10.00. The molecule has 0 radical (unpaired) electrons. The zero-order valence-corrected chi connectivity index (χ0v) is 30.4. The van der Waals surface area contributed by atoms with E-state index >= 15 is 0 Å². The Morgan fingerprint density at radius 1 is 0.368 bits per heavy atom. The SMILES string of the molecule is [2H]c1c([2H])c([2H])c2c(c1[2H])c1c([2H])c(-c3ccc4c(c3)c3cc(-c5ccccc5)ccc3n4-c3cccc(-c4ccccc4)c3)c([2H])c([2H])c1n2-c1cccc2oc3ccccc3c12. The molecule has 0 saturated heterocycles. The van der Waals surface area contributed by atoms with E-state index in [1.807, 2.05) is 91.0 Å². The molecule has 0 spiro atoms. The van der Waals surface area contributed by atoms with Crippen LogP contribution in [-0.2, 0) is 0 Å². The fourth-order valence-electron chi connectivity index (χ4n) is 8.56. The van der Waals surface area contributed by atoms with Crippen LogP contribution < -0.4 is 0 Å². The van der Waals surface area contributed by atoms with Gasteiger partial charge in [0.15, 0.2) is 0 Å². The summed E-state index contributed by atoms with van der Waals surface area (Å²) in [4.78, 5) is 0. The molecule has 0 unspecified atom stereocenters. The van der Waals surface area contributed by atoms with Crippen molar-refractivity contribution >= 4 is 65.6 Å². The fraction of sp³-hybridized carbons (Fsp3) is 0. The topological polar surface area (TPSA) is 23.0 Å². The van der Waals surface area contributed by atoms with E-state index in [4.69, 9.17) is 7.16 Å². The van der Waals surface area contributed by atoms with Gasteiger partial charge in [0, 0.05) is 32.6 Å². The predicted octanol–water partition coefficient (Wildman–Crippen LogP) is 14.8. The maximum Gasteiger partial charge on any atom is 0.137 e. The van der Waals surface area contributed by atoms with E-state index in [1.54, 1.807) is 10.6 Å². The van der Waals surface area contributed by atoms with Crippen molar-refractivity contribution in [3.8, 4) is 44.8 Å². The molecule has 0 atom stereocenters. The van der Waals surface area contributed by atoms with E-state index in [-0.39, 0.29) is 57.6 Å². The lowest BCUT2D eigenvalue weighted by atomic mass is 9.99. The Kier molecular flexibility index (Phi) is 5.56. The quantitative estimate of drug-likeness (QED) is 0.173. The second kappa shape index (κ2) is 12.5. The van der Waals surface area contributed by atoms with Crippen LogP contribution in [0.1, 0.15) is 9.60 Å². The summed E-state index contributed by atoms with van der Waals surface area (Å²) in [5, 5.41) is 3.64. The summed E-state index contributed by atoms with van der Waals surface area (Å²) in [5.74, 6) is 0. The van der Waals surface area contributed by atoms with E-state index in [0.717, 1.165) is 55.1 Å². The second-order valence-corrected chi connectivity index (χ2v) is 14.4. The van der Waals surface area contributed by atoms with E-state index in [1.165, 1.54) is 0 Å². The Morgan fingerprint density at radius 3 is 1.75 bits per heavy atom. The van der Waals surface area contributed by atoms with Gasteiger partial charge in [-0.25, -0.2) is 0 Å². The molecule has 266 valence electrons. The van der Waals surface area contributed by atoms with Crippen molar-refractivity contribution in [1.29, 1.82) is 0 Å². The monoisotopic (exact) mass is 733 g/mol. The van der Waals surface area contributed by atoms with Crippen molar-refractivity contribution in [3.63, 3.8) is 0 Å². The number of benzene rings is 9. The van der Waals surface area contributed by atoms with Gasteiger partial charge in [-0.3, -0.25) is 0 Å². The van der Waals surface area contributed by atoms with Crippen LogP contribution in [0.2, 0.25) is 0 Å². The fourth-order valence-corrected chi connectivity index (χ4v) is 8.56. The number of hydrogen-bond donors (Lipinski definition) is 0. The molecule has 12 rings (SSSR count). The highest BCUT2D eigenvalue weighted by molar-refractivity contribution is 6.16. The smallest absolute Gasteiger partial charge is 0.137 e. The van der Waals surface area contributed by atoms with Crippen LogP contribution in [0.4, 0.5) is 0 Å². The second-order valence-electron chi connectivity index (χ2n) is 14.4. The van der Waals surface area contributed by atoms with Crippen molar-refractivity contribution in [2.75, 3.05) is 0 Å². The third-order valence-electron chi connectivity index (χ3n) is 11.2. The summed E-state index contributed by atoms with van der Waals surface area (Å²) in [7, 11) is 0.